The van der Waals surface area contributed by atoms with E-state index in [9.17, 15) is 0 Å². The smallest absolute Gasteiger partial charge is 0.128 e. The van der Waals surface area contributed by atoms with Crippen molar-refractivity contribution in [2.24, 2.45) is 5.92 Å². The van der Waals surface area contributed by atoms with Crippen molar-refractivity contribution in [3.63, 3.8) is 0 Å². The van der Waals surface area contributed by atoms with Gasteiger partial charge in [-0.25, -0.2) is 4.98 Å². The lowest BCUT2D eigenvalue weighted by Gasteiger charge is -2.40. The molecule has 0 amide bonds. The molecule has 2 saturated heterocycles. The lowest BCUT2D eigenvalue weighted by Crippen LogP contribution is -2.52. The Bertz CT molecular complexity index is 851. The third kappa shape index (κ3) is 2.05. The first kappa shape index (κ1) is 13.1. The summed E-state index contributed by atoms with van der Waals surface area (Å²) in [7, 11) is 2.22. The highest BCUT2D eigenvalue weighted by molar-refractivity contribution is 5.84. The maximum absolute atomic E-state index is 4.73. The van der Waals surface area contributed by atoms with Crippen LogP contribution in [-0.2, 0) is 0 Å². The minimum atomic E-state index is 0.729. The molecule has 0 spiro atoms. The van der Waals surface area contributed by atoms with E-state index >= 15 is 0 Å². The maximum Gasteiger partial charge on any atom is 0.128 e. The summed E-state index contributed by atoms with van der Waals surface area (Å²) in [5.41, 5.74) is 3.57. The summed E-state index contributed by atoms with van der Waals surface area (Å²) in [6, 6.07) is 13.7. The normalized spacial score (nSPS) is 24.0. The molecule has 0 aliphatic carbocycles. The molecular formula is C19H20N4. The van der Waals surface area contributed by atoms with Crippen molar-refractivity contribution in [1.82, 2.24) is 14.9 Å². The third-order valence-electron chi connectivity index (χ3n) is 5.45. The van der Waals surface area contributed by atoms with Gasteiger partial charge in [0.1, 0.15) is 5.82 Å². The van der Waals surface area contributed by atoms with Gasteiger partial charge in [-0.1, -0.05) is 6.07 Å². The molecule has 1 N–H and O–H groups in total. The van der Waals surface area contributed by atoms with Gasteiger partial charge in [0.2, 0.25) is 0 Å². The van der Waals surface area contributed by atoms with Gasteiger partial charge in [0.15, 0.2) is 0 Å². The SMILES string of the molecule is CN1C[C@H]2CN(c3ccc(-c4ccc5[nH]ccc5c4)cn3)CC21. The Morgan fingerprint density at radius 2 is 1.96 bits per heavy atom. The van der Waals surface area contributed by atoms with Crippen LogP contribution in [0.5, 0.6) is 0 Å². The van der Waals surface area contributed by atoms with Crippen LogP contribution in [0.25, 0.3) is 22.0 Å². The van der Waals surface area contributed by atoms with Crippen molar-refractivity contribution in [3.05, 3.63) is 48.8 Å². The summed E-state index contributed by atoms with van der Waals surface area (Å²) >= 11 is 0. The quantitative estimate of drug-likeness (QED) is 0.790. The molecule has 2 atom stereocenters. The second-order valence-electron chi connectivity index (χ2n) is 6.86. The highest BCUT2D eigenvalue weighted by atomic mass is 15.3. The summed E-state index contributed by atoms with van der Waals surface area (Å²) in [6.07, 6.45) is 3.99. The van der Waals surface area contributed by atoms with Crippen LogP contribution in [-0.4, -0.2) is 47.6 Å². The van der Waals surface area contributed by atoms with Crippen LogP contribution in [0.15, 0.2) is 48.8 Å². The molecule has 3 aromatic rings. The zero-order valence-electron chi connectivity index (χ0n) is 13.2. The Labute approximate surface area is 135 Å². The number of rotatable bonds is 2. The largest absolute Gasteiger partial charge is 0.361 e. The third-order valence-corrected chi connectivity index (χ3v) is 5.45. The Kier molecular flexibility index (Phi) is 2.76. The zero-order valence-corrected chi connectivity index (χ0v) is 13.2. The second-order valence-corrected chi connectivity index (χ2v) is 6.86. The molecule has 4 heteroatoms. The van der Waals surface area contributed by atoms with Crippen molar-refractivity contribution < 1.29 is 0 Å². The zero-order chi connectivity index (χ0) is 15.4. The summed E-state index contributed by atoms with van der Waals surface area (Å²) in [4.78, 5) is 12.8. The number of anilines is 1. The number of H-pyrrole nitrogens is 1. The summed E-state index contributed by atoms with van der Waals surface area (Å²) in [5.74, 6) is 1.94. The second kappa shape index (κ2) is 4.83. The number of nitrogens with zero attached hydrogens (tertiary/aromatic N) is 3. The first-order valence-electron chi connectivity index (χ1n) is 8.27. The average molecular weight is 304 g/mol. The Morgan fingerprint density at radius 1 is 1.04 bits per heavy atom. The first-order valence-corrected chi connectivity index (χ1v) is 8.27. The molecule has 2 aliphatic heterocycles. The predicted octanol–water partition coefficient (Wildman–Crippen LogP) is 2.98. The van der Waals surface area contributed by atoms with E-state index in [1.165, 1.54) is 28.6 Å². The van der Waals surface area contributed by atoms with Crippen molar-refractivity contribution in [1.29, 1.82) is 0 Å². The van der Waals surface area contributed by atoms with Crippen LogP contribution < -0.4 is 4.90 Å². The molecule has 2 aliphatic rings. The minimum absolute atomic E-state index is 0.729. The van der Waals surface area contributed by atoms with Crippen molar-refractivity contribution in [2.75, 3.05) is 31.6 Å². The average Bonchev–Trinajstić information content (AvgIpc) is 3.18. The highest BCUT2D eigenvalue weighted by Crippen LogP contribution is 2.33. The van der Waals surface area contributed by atoms with E-state index in [4.69, 9.17) is 4.98 Å². The summed E-state index contributed by atoms with van der Waals surface area (Å²) in [5, 5.41) is 1.24. The molecule has 2 aromatic heterocycles. The predicted molar refractivity (Wildman–Crippen MR) is 93.7 cm³/mol. The van der Waals surface area contributed by atoms with Crippen LogP contribution in [0.3, 0.4) is 0 Å². The van der Waals surface area contributed by atoms with E-state index in [1.54, 1.807) is 0 Å². The van der Waals surface area contributed by atoms with Crippen LogP contribution in [0.4, 0.5) is 5.82 Å². The maximum atomic E-state index is 4.73. The summed E-state index contributed by atoms with van der Waals surface area (Å²) < 4.78 is 0. The molecule has 1 aromatic carbocycles. The van der Waals surface area contributed by atoms with Crippen molar-refractivity contribution in [2.45, 2.75) is 6.04 Å². The molecule has 4 heterocycles. The number of likely N-dealkylation sites (N-methyl/N-ethyl adjacent to an activating group) is 1. The van der Waals surface area contributed by atoms with Gasteiger partial charge < -0.3 is 14.8 Å². The van der Waals surface area contributed by atoms with Crippen LogP contribution >= 0.6 is 0 Å². The van der Waals surface area contributed by atoms with Crippen molar-refractivity contribution >= 4 is 16.7 Å². The van der Waals surface area contributed by atoms with Gasteiger partial charge in [-0.2, -0.15) is 0 Å². The monoisotopic (exact) mass is 304 g/mol. The molecule has 116 valence electrons. The van der Waals surface area contributed by atoms with Crippen LogP contribution in [0, 0.1) is 5.92 Å². The number of likely N-dealkylation sites (tertiary alicyclic amines) is 1. The number of benzene rings is 1. The van der Waals surface area contributed by atoms with Gasteiger partial charge in [0.05, 0.1) is 0 Å². The molecule has 23 heavy (non-hydrogen) atoms. The number of aromatic amines is 1. The Morgan fingerprint density at radius 3 is 2.74 bits per heavy atom. The van der Waals surface area contributed by atoms with Crippen LogP contribution in [0.1, 0.15) is 0 Å². The van der Waals surface area contributed by atoms with Gasteiger partial charge in [-0.15, -0.1) is 0 Å². The topological polar surface area (TPSA) is 35.2 Å². The fourth-order valence-corrected chi connectivity index (χ4v) is 4.06. The van der Waals surface area contributed by atoms with E-state index < -0.39 is 0 Å². The Balaban J connectivity index is 1.41. The van der Waals surface area contributed by atoms with E-state index in [2.05, 4.69) is 58.2 Å². The molecule has 0 saturated carbocycles. The molecule has 0 bridgehead atoms. The molecule has 0 radical (unpaired) electrons. The van der Waals surface area contributed by atoms with Crippen LogP contribution in [0.2, 0.25) is 0 Å². The van der Waals surface area contributed by atoms with E-state index in [0.29, 0.717) is 0 Å². The molecule has 1 unspecified atom stereocenters. The first-order chi connectivity index (χ1) is 11.3. The lowest BCUT2D eigenvalue weighted by molar-refractivity contribution is 0.0827. The Hall–Kier alpha value is -2.33. The molecule has 4 nitrogen and oxygen atoms in total. The van der Waals surface area contributed by atoms with E-state index in [-0.39, 0.29) is 0 Å². The van der Waals surface area contributed by atoms with Gasteiger partial charge >= 0.3 is 0 Å². The highest BCUT2D eigenvalue weighted by Gasteiger charge is 2.43. The number of aromatic nitrogens is 2. The van der Waals surface area contributed by atoms with Gasteiger partial charge in [0.25, 0.3) is 0 Å². The van der Waals surface area contributed by atoms with Gasteiger partial charge in [-0.05, 0) is 48.3 Å². The number of pyridine rings is 1. The van der Waals surface area contributed by atoms with E-state index in [1.807, 2.05) is 12.4 Å². The number of fused-ring (bicyclic) bond motifs is 2. The minimum Gasteiger partial charge on any atom is -0.361 e. The molecular weight excluding hydrogens is 284 g/mol. The number of nitrogens with one attached hydrogen (secondary N) is 1. The summed E-state index contributed by atoms with van der Waals surface area (Å²) in [6.45, 7) is 3.50. The van der Waals surface area contributed by atoms with Gasteiger partial charge in [-0.3, -0.25) is 0 Å². The lowest BCUT2D eigenvalue weighted by atomic mass is 9.93. The molecule has 2 fully saturated rings. The fraction of sp³-hybridized carbons (Fsp3) is 0.316. The van der Waals surface area contributed by atoms with E-state index in [0.717, 1.165) is 30.9 Å². The van der Waals surface area contributed by atoms with Crippen molar-refractivity contribution in [3.8, 4) is 11.1 Å². The number of hydrogen-bond donors (Lipinski definition) is 1. The fourth-order valence-electron chi connectivity index (χ4n) is 4.06. The number of hydrogen-bond acceptors (Lipinski definition) is 3. The molecule has 5 rings (SSSR count). The standard InChI is InChI=1S/C19H20N4/c1-22-10-16-11-23(12-18(16)22)19-5-3-15(9-21-19)13-2-4-17-14(8-13)6-7-20-17/h2-9,16,18,20H,10-12H2,1H3/t16-,18?/m0/s1. The van der Waals surface area contributed by atoms with Gasteiger partial charge in [0, 0.05) is 55.1 Å².